The van der Waals surface area contributed by atoms with Crippen molar-refractivity contribution in [2.24, 2.45) is 5.92 Å². The summed E-state index contributed by atoms with van der Waals surface area (Å²) in [4.78, 5) is 0. The van der Waals surface area contributed by atoms with Crippen LogP contribution in [-0.2, 0) is 9.16 Å². The van der Waals surface area contributed by atoms with Crippen molar-refractivity contribution in [3.63, 3.8) is 0 Å². The van der Waals surface area contributed by atoms with Gasteiger partial charge in [0.2, 0.25) is 6.79 Å². The maximum atomic E-state index is 7.21. The fourth-order valence-corrected chi connectivity index (χ4v) is 9.82. The van der Waals surface area contributed by atoms with Gasteiger partial charge in [0.1, 0.15) is 0 Å². The summed E-state index contributed by atoms with van der Waals surface area (Å²) in [5.41, 5.74) is 2.14. The van der Waals surface area contributed by atoms with E-state index in [2.05, 4.69) is 94.1 Å². The van der Waals surface area contributed by atoms with Crippen LogP contribution in [0.4, 0.5) is 0 Å². The molecule has 5 rings (SSSR count). The lowest BCUT2D eigenvalue weighted by Crippen LogP contribution is -2.67. The van der Waals surface area contributed by atoms with Gasteiger partial charge in [0.15, 0.2) is 11.5 Å². The third-order valence-corrected chi connectivity index (χ3v) is 12.0. The van der Waals surface area contributed by atoms with E-state index in [1.165, 1.54) is 10.4 Å². The summed E-state index contributed by atoms with van der Waals surface area (Å²) < 4.78 is 24.5. The summed E-state index contributed by atoms with van der Waals surface area (Å²) >= 11 is 0. The Morgan fingerprint density at radius 1 is 0.882 bits per heavy atom. The molecule has 2 aliphatic heterocycles. The Labute approximate surface area is 203 Å². The Hall–Kier alpha value is -2.86. The van der Waals surface area contributed by atoms with Crippen LogP contribution in [0.25, 0.3) is 0 Å². The Bertz CT molecular complexity index is 1110. The van der Waals surface area contributed by atoms with Crippen LogP contribution in [0.15, 0.2) is 91.0 Å². The van der Waals surface area contributed by atoms with E-state index >= 15 is 0 Å². The Morgan fingerprint density at radius 2 is 1.50 bits per heavy atom. The summed E-state index contributed by atoms with van der Waals surface area (Å²) in [6, 6.07) is 27.5. The molecule has 0 radical (unpaired) electrons. The zero-order valence-electron chi connectivity index (χ0n) is 20.1. The lowest BCUT2D eigenvalue weighted by molar-refractivity contribution is 0.0743. The van der Waals surface area contributed by atoms with E-state index in [1.807, 2.05) is 12.1 Å². The van der Waals surface area contributed by atoms with Crippen molar-refractivity contribution in [1.29, 1.82) is 0 Å². The minimum atomic E-state index is -2.64. The van der Waals surface area contributed by atoms with E-state index in [-0.39, 0.29) is 23.9 Å². The molecule has 2 heterocycles. The van der Waals surface area contributed by atoms with Crippen LogP contribution >= 0.6 is 0 Å². The van der Waals surface area contributed by atoms with E-state index in [0.717, 1.165) is 22.6 Å². The van der Waals surface area contributed by atoms with Gasteiger partial charge in [-0.3, -0.25) is 0 Å². The predicted octanol–water partition coefficient (Wildman–Crippen LogP) is 5.24. The number of hydrogen-bond acceptors (Lipinski definition) is 4. The summed E-state index contributed by atoms with van der Waals surface area (Å²) in [7, 11) is -2.64. The van der Waals surface area contributed by atoms with Gasteiger partial charge in [0.25, 0.3) is 8.32 Å². The third-order valence-electron chi connectivity index (χ3n) is 6.96. The van der Waals surface area contributed by atoms with E-state index in [1.54, 1.807) is 0 Å². The lowest BCUT2D eigenvalue weighted by atomic mass is 9.93. The molecule has 176 valence electrons. The van der Waals surface area contributed by atoms with Crippen LogP contribution in [0.3, 0.4) is 0 Å². The molecule has 0 saturated carbocycles. The highest BCUT2D eigenvalue weighted by molar-refractivity contribution is 6.99. The smallest absolute Gasteiger partial charge is 0.261 e. The average molecular weight is 473 g/mol. The van der Waals surface area contributed by atoms with Crippen molar-refractivity contribution in [3.8, 4) is 11.5 Å². The van der Waals surface area contributed by atoms with Crippen LogP contribution in [0.2, 0.25) is 5.04 Å². The maximum Gasteiger partial charge on any atom is 0.261 e. The molecule has 0 unspecified atom stereocenters. The van der Waals surface area contributed by atoms with E-state index < -0.39 is 8.32 Å². The van der Waals surface area contributed by atoms with Gasteiger partial charge in [0, 0.05) is 12.5 Å². The maximum absolute atomic E-state index is 7.21. The van der Waals surface area contributed by atoms with E-state index in [0.29, 0.717) is 13.2 Å². The van der Waals surface area contributed by atoms with Crippen molar-refractivity contribution in [2.75, 3.05) is 20.0 Å². The van der Waals surface area contributed by atoms with Crippen molar-refractivity contribution >= 4 is 18.7 Å². The molecule has 0 bridgehead atoms. The number of benzene rings is 3. The molecule has 0 aromatic heterocycles. The standard InChI is InChI=1S/C29H32O4Si/c1-21-18-30-28(22-15-16-26-27(17-22)32-20-31-26)25(21)19-33-34(29(2,3)4,23-11-7-5-8-12-23)24-13-9-6-10-14-24/h5-17,25,28H,1,18-20H2,2-4H3/t25-,28+/m0/s1. The van der Waals surface area contributed by atoms with Gasteiger partial charge in [-0.15, -0.1) is 0 Å². The molecule has 2 aliphatic rings. The second-order valence-electron chi connectivity index (χ2n) is 10.1. The molecule has 0 aliphatic carbocycles. The summed E-state index contributed by atoms with van der Waals surface area (Å²) in [5.74, 6) is 1.60. The SMILES string of the molecule is C=C1CO[C@H](c2ccc3c(c2)OCO3)[C@H]1CO[Si](c1ccccc1)(c1ccccc1)C(C)(C)C. The predicted molar refractivity (Wildman–Crippen MR) is 137 cm³/mol. The Morgan fingerprint density at radius 3 is 2.12 bits per heavy atom. The van der Waals surface area contributed by atoms with Crippen LogP contribution in [-0.4, -0.2) is 28.3 Å². The molecule has 0 N–H and O–H groups in total. The molecule has 5 heteroatoms. The van der Waals surface area contributed by atoms with Crippen molar-refractivity contribution in [3.05, 3.63) is 96.6 Å². The Balaban J connectivity index is 1.51. The van der Waals surface area contributed by atoms with Crippen LogP contribution in [0.1, 0.15) is 32.4 Å². The summed E-state index contributed by atoms with van der Waals surface area (Å²) in [6.45, 7) is 12.6. The van der Waals surface area contributed by atoms with Gasteiger partial charge >= 0.3 is 0 Å². The normalized spacial score (nSPS) is 20.0. The number of ether oxygens (including phenoxy) is 3. The van der Waals surface area contributed by atoms with Gasteiger partial charge in [-0.1, -0.05) is 94.1 Å². The van der Waals surface area contributed by atoms with Crippen molar-refractivity contribution in [1.82, 2.24) is 0 Å². The lowest BCUT2D eigenvalue weighted by Gasteiger charge is -2.43. The van der Waals surface area contributed by atoms with Gasteiger partial charge in [-0.05, 0) is 38.7 Å². The fourth-order valence-electron chi connectivity index (χ4n) is 5.23. The molecule has 3 aromatic rings. The quantitative estimate of drug-likeness (QED) is 0.363. The molecule has 3 aromatic carbocycles. The zero-order valence-corrected chi connectivity index (χ0v) is 21.1. The monoisotopic (exact) mass is 472 g/mol. The summed E-state index contributed by atoms with van der Waals surface area (Å²) in [5, 5.41) is 2.47. The largest absolute Gasteiger partial charge is 0.454 e. The summed E-state index contributed by atoms with van der Waals surface area (Å²) in [6.07, 6.45) is -0.125. The molecule has 1 fully saturated rings. The minimum Gasteiger partial charge on any atom is -0.454 e. The molecule has 1 saturated heterocycles. The Kier molecular flexibility index (Phi) is 6.10. The van der Waals surface area contributed by atoms with E-state index in [4.69, 9.17) is 18.6 Å². The van der Waals surface area contributed by atoms with Crippen molar-refractivity contribution in [2.45, 2.75) is 31.9 Å². The van der Waals surface area contributed by atoms with Crippen LogP contribution in [0.5, 0.6) is 11.5 Å². The second-order valence-corrected chi connectivity index (χ2v) is 14.4. The fraction of sp³-hybridized carbons (Fsp3) is 0.310. The number of fused-ring (bicyclic) bond motifs is 1. The highest BCUT2D eigenvalue weighted by Crippen LogP contribution is 2.43. The van der Waals surface area contributed by atoms with Crippen LogP contribution < -0.4 is 19.8 Å². The highest BCUT2D eigenvalue weighted by atomic mass is 28.4. The molecular weight excluding hydrogens is 440 g/mol. The van der Waals surface area contributed by atoms with Gasteiger partial charge < -0.3 is 18.6 Å². The first kappa shape index (κ1) is 22.9. The first-order chi connectivity index (χ1) is 16.4. The molecule has 4 nitrogen and oxygen atoms in total. The van der Waals surface area contributed by atoms with Gasteiger partial charge in [0.05, 0.1) is 12.7 Å². The van der Waals surface area contributed by atoms with Crippen LogP contribution in [0, 0.1) is 5.92 Å². The first-order valence-electron chi connectivity index (χ1n) is 11.8. The molecule has 0 spiro atoms. The second kappa shape index (κ2) is 9.06. The van der Waals surface area contributed by atoms with E-state index in [9.17, 15) is 0 Å². The molecule has 0 amide bonds. The topological polar surface area (TPSA) is 36.9 Å². The van der Waals surface area contributed by atoms with Gasteiger partial charge in [-0.25, -0.2) is 0 Å². The van der Waals surface area contributed by atoms with Gasteiger partial charge in [-0.2, -0.15) is 0 Å². The molecular formula is C29H32O4Si. The highest BCUT2D eigenvalue weighted by Gasteiger charge is 2.51. The number of rotatable bonds is 6. The molecule has 34 heavy (non-hydrogen) atoms. The zero-order chi connectivity index (χ0) is 23.8. The first-order valence-corrected chi connectivity index (χ1v) is 13.7. The minimum absolute atomic E-state index is 0.0574. The number of hydrogen-bond donors (Lipinski definition) is 0. The third kappa shape index (κ3) is 3.98. The van der Waals surface area contributed by atoms with Crippen molar-refractivity contribution < 1.29 is 18.6 Å². The molecule has 2 atom stereocenters. The average Bonchev–Trinajstić information content (AvgIpc) is 3.46.